The summed E-state index contributed by atoms with van der Waals surface area (Å²) in [7, 11) is 0. The number of aromatic nitrogens is 3. The van der Waals surface area contributed by atoms with Gasteiger partial charge >= 0.3 is 0 Å². The smallest absolute Gasteiger partial charge is 0.167 e. The molecule has 7 aromatic rings. The van der Waals surface area contributed by atoms with Gasteiger partial charge < -0.3 is 15.3 Å². The van der Waals surface area contributed by atoms with Crippen LogP contribution in [0.2, 0.25) is 0 Å². The lowest BCUT2D eigenvalue weighted by atomic mass is 9.96. The largest absolute Gasteiger partial charge is 0.507 e. The fourth-order valence-electron chi connectivity index (χ4n) is 6.11. The lowest BCUT2D eigenvalue weighted by Gasteiger charge is -2.16. The van der Waals surface area contributed by atoms with Crippen LogP contribution in [-0.4, -0.2) is 30.3 Å². The van der Waals surface area contributed by atoms with E-state index in [1.165, 1.54) is 0 Å². The van der Waals surface area contributed by atoms with Crippen molar-refractivity contribution in [2.75, 3.05) is 0 Å². The number of phenols is 3. The molecule has 1 heterocycles. The number of aryl methyl sites for hydroxylation is 3. The highest BCUT2D eigenvalue weighted by molar-refractivity contribution is 5.81. The van der Waals surface area contributed by atoms with Crippen molar-refractivity contribution >= 4 is 0 Å². The maximum atomic E-state index is 11.4. The Morgan fingerprint density at radius 1 is 0.333 bits per heavy atom. The van der Waals surface area contributed by atoms with Crippen molar-refractivity contribution in [2.45, 2.75) is 20.8 Å². The molecule has 0 aliphatic heterocycles. The molecule has 0 atom stereocenters. The quantitative estimate of drug-likeness (QED) is 0.170. The second kappa shape index (κ2) is 12.5. The third kappa shape index (κ3) is 5.76. The number of rotatable bonds is 6. The van der Waals surface area contributed by atoms with Crippen LogP contribution in [0.1, 0.15) is 16.7 Å². The van der Waals surface area contributed by atoms with E-state index in [0.717, 1.165) is 38.9 Å². The molecule has 48 heavy (non-hydrogen) atoms. The van der Waals surface area contributed by atoms with Gasteiger partial charge in [-0.2, -0.15) is 0 Å². The van der Waals surface area contributed by atoms with Gasteiger partial charge in [-0.15, -0.1) is 0 Å². The second-order valence-corrected chi connectivity index (χ2v) is 12.0. The average Bonchev–Trinajstić information content (AvgIpc) is 3.11. The number of hydrogen-bond acceptors (Lipinski definition) is 6. The summed E-state index contributed by atoms with van der Waals surface area (Å²) in [4.78, 5) is 14.6. The fraction of sp³-hybridized carbons (Fsp3) is 0.0714. The van der Waals surface area contributed by atoms with E-state index in [1.54, 1.807) is 18.2 Å². The van der Waals surface area contributed by atoms with Gasteiger partial charge in [0.25, 0.3) is 0 Å². The summed E-state index contributed by atoms with van der Waals surface area (Å²) >= 11 is 0. The molecule has 0 aliphatic carbocycles. The standard InChI is InChI=1S/C42H33N3O3/c1-25-21-36(39(48)22-31(25)28-13-7-4-8-14-28)42-44-40(32-23-37(46)34(19-26(32)2)29-15-9-5-10-16-29)43-41(45-42)33-24-38(47)35(20-27(33)3)30-17-11-6-12-18-30/h4-24,46-48H,1-3H3. The third-order valence-corrected chi connectivity index (χ3v) is 8.64. The Labute approximate surface area is 279 Å². The molecule has 0 saturated carbocycles. The molecule has 0 unspecified atom stereocenters. The molecular weight excluding hydrogens is 594 g/mol. The molecule has 0 radical (unpaired) electrons. The minimum atomic E-state index is 0.0283. The predicted molar refractivity (Wildman–Crippen MR) is 192 cm³/mol. The lowest BCUT2D eigenvalue weighted by Crippen LogP contribution is -2.03. The van der Waals surface area contributed by atoms with E-state index in [1.807, 2.05) is 130 Å². The normalized spacial score (nSPS) is 11.1. The van der Waals surface area contributed by atoms with Gasteiger partial charge in [-0.05, 0) is 96.1 Å². The van der Waals surface area contributed by atoms with Gasteiger partial charge in [0.15, 0.2) is 17.5 Å². The highest BCUT2D eigenvalue weighted by Crippen LogP contribution is 2.40. The van der Waals surface area contributed by atoms with Gasteiger partial charge in [0, 0.05) is 22.3 Å². The highest BCUT2D eigenvalue weighted by Gasteiger charge is 2.21. The maximum absolute atomic E-state index is 11.4. The van der Waals surface area contributed by atoms with Crippen molar-refractivity contribution in [1.29, 1.82) is 0 Å². The fourth-order valence-corrected chi connectivity index (χ4v) is 6.11. The molecule has 7 rings (SSSR count). The number of benzene rings is 6. The summed E-state index contributed by atoms with van der Waals surface area (Å²) in [5, 5.41) is 33.8. The molecule has 3 N–H and O–H groups in total. The predicted octanol–water partition coefficient (Wildman–Crippen LogP) is 9.92. The zero-order valence-corrected chi connectivity index (χ0v) is 26.8. The molecule has 0 spiro atoms. The van der Waals surface area contributed by atoms with Crippen LogP contribution >= 0.6 is 0 Å². The summed E-state index contributed by atoms with van der Waals surface area (Å²) in [6.45, 7) is 5.89. The van der Waals surface area contributed by atoms with Gasteiger partial charge in [0.05, 0.1) is 5.56 Å². The monoisotopic (exact) mass is 627 g/mol. The van der Waals surface area contributed by atoms with Crippen LogP contribution in [0.15, 0.2) is 127 Å². The number of aromatic hydroxyl groups is 3. The number of hydrogen-bond donors (Lipinski definition) is 3. The van der Waals surface area contributed by atoms with E-state index in [4.69, 9.17) is 15.0 Å². The van der Waals surface area contributed by atoms with Crippen LogP contribution in [0.4, 0.5) is 0 Å². The van der Waals surface area contributed by atoms with Crippen LogP contribution in [-0.2, 0) is 0 Å². The minimum absolute atomic E-state index is 0.0283. The third-order valence-electron chi connectivity index (χ3n) is 8.64. The summed E-state index contributed by atoms with van der Waals surface area (Å²) in [5.74, 6) is 1.15. The van der Waals surface area contributed by atoms with Gasteiger partial charge in [-0.1, -0.05) is 91.0 Å². The minimum Gasteiger partial charge on any atom is -0.507 e. The van der Waals surface area contributed by atoms with E-state index in [9.17, 15) is 15.3 Å². The molecule has 6 nitrogen and oxygen atoms in total. The van der Waals surface area contributed by atoms with E-state index in [2.05, 4.69) is 0 Å². The Morgan fingerprint density at radius 3 is 1.04 bits per heavy atom. The van der Waals surface area contributed by atoms with Crippen molar-refractivity contribution in [3.05, 3.63) is 144 Å². The summed E-state index contributed by atoms with van der Waals surface area (Å²) < 4.78 is 0. The van der Waals surface area contributed by atoms with Crippen molar-refractivity contribution in [1.82, 2.24) is 15.0 Å². The second-order valence-electron chi connectivity index (χ2n) is 12.0. The summed E-state index contributed by atoms with van der Waals surface area (Å²) in [5.41, 5.74) is 9.43. The zero-order chi connectivity index (χ0) is 33.4. The Kier molecular flexibility index (Phi) is 7.91. The molecule has 6 aromatic carbocycles. The Morgan fingerprint density at radius 2 is 0.625 bits per heavy atom. The Hall–Kier alpha value is -6.27. The summed E-state index contributed by atoms with van der Waals surface area (Å²) in [6, 6.07) is 40.1. The molecule has 0 aliphatic rings. The molecule has 234 valence electrons. The molecular formula is C42H33N3O3. The Bertz CT molecular complexity index is 2020. The first kappa shape index (κ1) is 30.4. The molecule has 6 heteroatoms. The van der Waals surface area contributed by atoms with Gasteiger partial charge in [-0.3, -0.25) is 0 Å². The van der Waals surface area contributed by atoms with Crippen molar-refractivity contribution in [3.63, 3.8) is 0 Å². The first-order valence-corrected chi connectivity index (χ1v) is 15.7. The first-order chi connectivity index (χ1) is 23.3. The highest BCUT2D eigenvalue weighted by atomic mass is 16.3. The first-order valence-electron chi connectivity index (χ1n) is 15.7. The lowest BCUT2D eigenvalue weighted by molar-refractivity contribution is 0.476. The maximum Gasteiger partial charge on any atom is 0.167 e. The van der Waals surface area contributed by atoms with Crippen molar-refractivity contribution in [3.8, 4) is 84.8 Å². The Balaban J connectivity index is 1.42. The summed E-state index contributed by atoms with van der Waals surface area (Å²) in [6.07, 6.45) is 0. The molecule has 0 fully saturated rings. The van der Waals surface area contributed by atoms with Crippen LogP contribution in [0.5, 0.6) is 17.2 Å². The van der Waals surface area contributed by atoms with Gasteiger partial charge in [-0.25, -0.2) is 15.0 Å². The van der Waals surface area contributed by atoms with Crippen LogP contribution in [0.25, 0.3) is 67.5 Å². The van der Waals surface area contributed by atoms with E-state index in [-0.39, 0.29) is 23.1 Å². The molecule has 0 amide bonds. The van der Waals surface area contributed by atoms with Gasteiger partial charge in [0.1, 0.15) is 17.2 Å². The van der Waals surface area contributed by atoms with Gasteiger partial charge in [0.2, 0.25) is 0 Å². The average molecular weight is 628 g/mol. The van der Waals surface area contributed by atoms with E-state index >= 15 is 0 Å². The number of phenolic OH excluding ortho intramolecular Hbond substituents is 3. The molecule has 1 aromatic heterocycles. The van der Waals surface area contributed by atoms with Crippen LogP contribution < -0.4 is 0 Å². The molecule has 0 saturated heterocycles. The number of nitrogens with zero attached hydrogens (tertiary/aromatic N) is 3. The van der Waals surface area contributed by atoms with E-state index in [0.29, 0.717) is 39.5 Å². The van der Waals surface area contributed by atoms with Crippen molar-refractivity contribution < 1.29 is 15.3 Å². The SMILES string of the molecule is Cc1cc(-c2nc(-c3cc(O)c(-c4ccccc4)cc3C)nc(-c3cc(O)c(-c4ccccc4)cc3C)n2)c(O)cc1-c1ccccc1. The van der Waals surface area contributed by atoms with Crippen LogP contribution in [0, 0.1) is 20.8 Å². The topological polar surface area (TPSA) is 99.4 Å². The molecule has 0 bridgehead atoms. The zero-order valence-electron chi connectivity index (χ0n) is 26.8. The van der Waals surface area contributed by atoms with Crippen molar-refractivity contribution in [2.24, 2.45) is 0 Å². The van der Waals surface area contributed by atoms with E-state index < -0.39 is 0 Å². The van der Waals surface area contributed by atoms with Crippen LogP contribution in [0.3, 0.4) is 0 Å².